The molecule has 0 aliphatic heterocycles. The zero-order valence-electron chi connectivity index (χ0n) is 11.3. The van der Waals surface area contributed by atoms with Crippen molar-refractivity contribution in [2.45, 2.75) is 51.6 Å². The summed E-state index contributed by atoms with van der Waals surface area (Å²) in [4.78, 5) is 11.7. The summed E-state index contributed by atoms with van der Waals surface area (Å²) in [5.41, 5.74) is -0.0200. The van der Waals surface area contributed by atoms with Gasteiger partial charge in [-0.15, -0.1) is 0 Å². The summed E-state index contributed by atoms with van der Waals surface area (Å²) in [6.45, 7) is 3.13. The molecule has 0 radical (unpaired) electrons. The summed E-state index contributed by atoms with van der Waals surface area (Å²) >= 11 is 0. The molecule has 0 aromatic heterocycles. The van der Waals surface area contributed by atoms with E-state index in [0.717, 1.165) is 19.3 Å². The van der Waals surface area contributed by atoms with E-state index in [1.807, 2.05) is 0 Å². The highest BCUT2D eigenvalue weighted by atomic mass is 16.5. The van der Waals surface area contributed by atoms with Crippen molar-refractivity contribution in [1.29, 1.82) is 0 Å². The topological polar surface area (TPSA) is 58.6 Å². The Bertz CT molecular complexity index is 289. The van der Waals surface area contributed by atoms with Crippen molar-refractivity contribution in [2.75, 3.05) is 19.8 Å². The third-order valence-electron chi connectivity index (χ3n) is 4.41. The van der Waals surface area contributed by atoms with Gasteiger partial charge in [-0.1, -0.05) is 19.8 Å². The number of rotatable bonds is 6. The molecule has 2 unspecified atom stereocenters. The van der Waals surface area contributed by atoms with Crippen LogP contribution in [-0.4, -0.2) is 36.9 Å². The third-order valence-corrected chi connectivity index (χ3v) is 4.41. The van der Waals surface area contributed by atoms with Gasteiger partial charge in [-0.2, -0.15) is 0 Å². The highest BCUT2D eigenvalue weighted by Crippen LogP contribution is 2.44. The van der Waals surface area contributed by atoms with Gasteiger partial charge in [-0.05, 0) is 31.6 Å². The molecule has 18 heavy (non-hydrogen) atoms. The van der Waals surface area contributed by atoms with Crippen molar-refractivity contribution < 1.29 is 14.6 Å². The highest BCUT2D eigenvalue weighted by molar-refractivity contribution is 5.77. The van der Waals surface area contributed by atoms with E-state index in [4.69, 9.17) is 9.84 Å². The Hall–Kier alpha value is -0.610. The van der Waals surface area contributed by atoms with Crippen LogP contribution in [0.25, 0.3) is 0 Å². The first-order valence-corrected chi connectivity index (χ1v) is 7.14. The van der Waals surface area contributed by atoms with Crippen LogP contribution < -0.4 is 5.32 Å². The number of aliphatic hydroxyl groups is 1. The van der Waals surface area contributed by atoms with E-state index >= 15 is 0 Å². The summed E-state index contributed by atoms with van der Waals surface area (Å²) in [6.07, 6.45) is 7.07. The van der Waals surface area contributed by atoms with Crippen LogP contribution in [0.1, 0.15) is 45.4 Å². The predicted molar refractivity (Wildman–Crippen MR) is 69.1 cm³/mol. The van der Waals surface area contributed by atoms with Gasteiger partial charge in [0.15, 0.2) is 0 Å². The van der Waals surface area contributed by atoms with Gasteiger partial charge in [0.2, 0.25) is 5.91 Å². The first kappa shape index (κ1) is 13.8. The maximum absolute atomic E-state index is 11.7. The maximum atomic E-state index is 11.7. The second-order valence-corrected chi connectivity index (χ2v) is 6.05. The lowest BCUT2D eigenvalue weighted by molar-refractivity contribution is -0.129. The number of ether oxygens (including phenoxy) is 1. The summed E-state index contributed by atoms with van der Waals surface area (Å²) in [5, 5.41) is 12.0. The van der Waals surface area contributed by atoms with Gasteiger partial charge >= 0.3 is 0 Å². The van der Waals surface area contributed by atoms with Gasteiger partial charge in [-0.25, -0.2) is 0 Å². The molecular weight excluding hydrogens is 230 g/mol. The Labute approximate surface area is 109 Å². The molecule has 2 atom stereocenters. The second kappa shape index (κ2) is 6.02. The minimum Gasteiger partial charge on any atom is -0.396 e. The van der Waals surface area contributed by atoms with E-state index in [9.17, 15) is 4.79 Å². The van der Waals surface area contributed by atoms with Crippen LogP contribution >= 0.6 is 0 Å². The molecule has 2 rings (SSSR count). The second-order valence-electron chi connectivity index (χ2n) is 6.05. The number of hydrogen-bond donors (Lipinski definition) is 2. The molecule has 4 nitrogen and oxygen atoms in total. The van der Waals surface area contributed by atoms with E-state index in [-0.39, 0.29) is 30.6 Å². The van der Waals surface area contributed by atoms with E-state index in [1.54, 1.807) is 0 Å². The van der Waals surface area contributed by atoms with Crippen molar-refractivity contribution in [3.63, 3.8) is 0 Å². The molecule has 0 aromatic rings. The lowest BCUT2D eigenvalue weighted by Crippen LogP contribution is -2.36. The molecule has 0 heterocycles. The van der Waals surface area contributed by atoms with Gasteiger partial charge < -0.3 is 15.2 Å². The van der Waals surface area contributed by atoms with Crippen LogP contribution in [0.2, 0.25) is 0 Å². The van der Waals surface area contributed by atoms with Crippen LogP contribution in [0, 0.1) is 11.3 Å². The van der Waals surface area contributed by atoms with Gasteiger partial charge in [0.1, 0.15) is 6.61 Å². The predicted octanol–water partition coefficient (Wildman–Crippen LogP) is 1.47. The number of aliphatic hydroxyl groups excluding tert-OH is 1. The van der Waals surface area contributed by atoms with Crippen molar-refractivity contribution >= 4 is 5.91 Å². The average Bonchev–Trinajstić information content (AvgIpc) is 3.16. The zero-order chi connectivity index (χ0) is 13.0. The molecule has 2 aliphatic rings. The first-order chi connectivity index (χ1) is 8.65. The van der Waals surface area contributed by atoms with Crippen molar-refractivity contribution in [3.8, 4) is 0 Å². The Morgan fingerprint density at radius 1 is 1.39 bits per heavy atom. The largest absolute Gasteiger partial charge is 0.396 e. The minimum atomic E-state index is -0.0486. The summed E-state index contributed by atoms with van der Waals surface area (Å²) in [5.74, 6) is 0.520. The fraction of sp³-hybridized carbons (Fsp3) is 0.929. The Balaban J connectivity index is 1.62. The zero-order valence-corrected chi connectivity index (χ0v) is 11.3. The lowest BCUT2D eigenvalue weighted by Gasteiger charge is -2.28. The number of amides is 1. The molecule has 2 saturated carbocycles. The maximum Gasteiger partial charge on any atom is 0.246 e. The minimum absolute atomic E-state index is 0.0200. The van der Waals surface area contributed by atoms with Gasteiger partial charge in [-0.3, -0.25) is 4.79 Å². The van der Waals surface area contributed by atoms with Gasteiger partial charge in [0.25, 0.3) is 0 Å². The molecular formula is C14H25NO3. The van der Waals surface area contributed by atoms with Gasteiger partial charge in [0, 0.05) is 12.0 Å². The smallest absolute Gasteiger partial charge is 0.246 e. The average molecular weight is 255 g/mol. The van der Waals surface area contributed by atoms with Crippen LogP contribution in [0.5, 0.6) is 0 Å². The normalized spacial score (nSPS) is 29.9. The van der Waals surface area contributed by atoms with Crippen LogP contribution in [-0.2, 0) is 9.53 Å². The fourth-order valence-electron chi connectivity index (χ4n) is 2.62. The molecule has 0 bridgehead atoms. The molecule has 2 N–H and O–H groups in total. The van der Waals surface area contributed by atoms with Crippen LogP contribution in [0.3, 0.4) is 0 Å². The number of carbonyl (C=O) groups excluding carboxylic acids is 1. The lowest BCUT2D eigenvalue weighted by atomic mass is 9.88. The number of nitrogens with one attached hydrogen (secondary N) is 1. The van der Waals surface area contributed by atoms with Crippen LogP contribution in [0.15, 0.2) is 0 Å². The third kappa shape index (κ3) is 3.69. The number of hydrogen-bond acceptors (Lipinski definition) is 3. The van der Waals surface area contributed by atoms with Crippen molar-refractivity contribution in [2.24, 2.45) is 11.3 Å². The van der Waals surface area contributed by atoms with Crippen molar-refractivity contribution in [1.82, 2.24) is 5.32 Å². The summed E-state index contributed by atoms with van der Waals surface area (Å²) in [6, 6.07) is 0. The van der Waals surface area contributed by atoms with Crippen LogP contribution in [0.4, 0.5) is 0 Å². The van der Waals surface area contributed by atoms with E-state index in [2.05, 4.69) is 12.2 Å². The fourth-order valence-corrected chi connectivity index (χ4v) is 2.62. The standard InChI is InChI=1S/C14H25NO3/c1-11-4-2-3-5-12(11)18-8-13(17)15-9-14(10-16)6-7-14/h11-12,16H,2-10H2,1H3,(H,15,17). The highest BCUT2D eigenvalue weighted by Gasteiger charge is 2.42. The molecule has 4 heteroatoms. The van der Waals surface area contributed by atoms with E-state index in [0.29, 0.717) is 12.5 Å². The molecule has 2 aliphatic carbocycles. The first-order valence-electron chi connectivity index (χ1n) is 7.14. The quantitative estimate of drug-likeness (QED) is 0.755. The SMILES string of the molecule is CC1CCCCC1OCC(=O)NCC1(CO)CC1. The molecule has 0 saturated heterocycles. The monoisotopic (exact) mass is 255 g/mol. The van der Waals surface area contributed by atoms with Crippen molar-refractivity contribution in [3.05, 3.63) is 0 Å². The van der Waals surface area contributed by atoms with E-state index < -0.39 is 0 Å². The molecule has 0 aromatic carbocycles. The molecule has 0 spiro atoms. The van der Waals surface area contributed by atoms with E-state index in [1.165, 1.54) is 19.3 Å². The Morgan fingerprint density at radius 3 is 2.72 bits per heavy atom. The summed E-state index contributed by atoms with van der Waals surface area (Å²) in [7, 11) is 0. The molecule has 1 amide bonds. The van der Waals surface area contributed by atoms with Gasteiger partial charge in [0.05, 0.1) is 12.7 Å². The molecule has 2 fully saturated rings. The Kier molecular flexibility index (Phi) is 4.62. The molecule has 104 valence electrons. The summed E-state index contributed by atoms with van der Waals surface area (Å²) < 4.78 is 5.70. The number of carbonyl (C=O) groups is 1. The Morgan fingerprint density at radius 2 is 2.11 bits per heavy atom.